The molecule has 0 bridgehead atoms. The molecule has 0 aromatic carbocycles. The molecule has 0 fully saturated rings. The molecule has 1 N–H and O–H groups in total. The second-order valence-electron chi connectivity index (χ2n) is 3.82. The third kappa shape index (κ3) is 3.41. The molecule has 0 aliphatic rings. The topological polar surface area (TPSA) is 59.1 Å². The van der Waals surface area contributed by atoms with Crippen LogP contribution in [0.15, 0.2) is 10.4 Å². The third-order valence-electron chi connectivity index (χ3n) is 1.61. The molecule has 0 saturated carbocycles. The molecule has 0 aliphatic carbocycles. The summed E-state index contributed by atoms with van der Waals surface area (Å²) < 4.78 is 26.4. The molecule has 0 unspecified atom stereocenters. The highest BCUT2D eigenvalue weighted by Gasteiger charge is 2.26. The normalized spacial score (nSPS) is 13.1. The number of nitrogens with one attached hydrogen (secondary N) is 1. The van der Waals surface area contributed by atoms with Crippen LogP contribution in [0.2, 0.25) is 0 Å². The van der Waals surface area contributed by atoms with Gasteiger partial charge in [-0.2, -0.15) is 0 Å². The fourth-order valence-corrected chi connectivity index (χ4v) is 3.57. The molecule has 0 radical (unpaired) electrons. The first-order valence-corrected chi connectivity index (χ1v) is 7.13. The van der Waals surface area contributed by atoms with Crippen molar-refractivity contribution in [2.24, 2.45) is 0 Å². The maximum Gasteiger partial charge on any atom is 0.252 e. The Morgan fingerprint density at radius 3 is 2.60 bits per heavy atom. The Morgan fingerprint density at radius 2 is 2.20 bits per heavy atom. The Bertz CT molecular complexity index is 439. The van der Waals surface area contributed by atoms with Crippen molar-refractivity contribution in [3.8, 4) is 0 Å². The van der Waals surface area contributed by atoms with Crippen LogP contribution < -0.4 is 4.72 Å². The fourth-order valence-electron chi connectivity index (χ4n) is 0.907. The number of rotatable bonds is 4. The predicted molar refractivity (Wildman–Crippen MR) is 62.0 cm³/mol. The van der Waals surface area contributed by atoms with Crippen molar-refractivity contribution in [1.82, 2.24) is 9.71 Å². The van der Waals surface area contributed by atoms with Crippen molar-refractivity contribution in [2.45, 2.75) is 30.5 Å². The highest BCUT2D eigenvalue weighted by molar-refractivity contribution is 7.91. The lowest BCUT2D eigenvalue weighted by Gasteiger charge is -2.22. The number of aromatic nitrogens is 1. The number of sulfonamides is 1. The van der Waals surface area contributed by atoms with Crippen LogP contribution >= 0.6 is 22.9 Å². The predicted octanol–water partition coefficient (Wildman–Crippen LogP) is 1.75. The van der Waals surface area contributed by atoms with Crippen LogP contribution in [0.3, 0.4) is 0 Å². The van der Waals surface area contributed by atoms with Crippen LogP contribution in [0, 0.1) is 6.92 Å². The van der Waals surface area contributed by atoms with Crippen molar-refractivity contribution in [2.75, 3.05) is 5.88 Å². The number of thiazole rings is 1. The minimum atomic E-state index is -3.49. The number of halogens is 1. The highest BCUT2D eigenvalue weighted by atomic mass is 35.5. The molecular formula is C8H13ClN2O2S2. The van der Waals surface area contributed by atoms with Gasteiger partial charge in [0.2, 0.25) is 0 Å². The largest absolute Gasteiger partial charge is 0.252 e. The van der Waals surface area contributed by atoms with E-state index in [4.69, 9.17) is 11.6 Å². The van der Waals surface area contributed by atoms with Crippen LogP contribution in [-0.2, 0) is 10.0 Å². The van der Waals surface area contributed by atoms with Gasteiger partial charge < -0.3 is 0 Å². The average Bonchev–Trinajstić information content (AvgIpc) is 2.51. The molecule has 0 atom stereocenters. The first kappa shape index (κ1) is 12.9. The Labute approximate surface area is 98.7 Å². The number of nitrogens with zero attached hydrogens (tertiary/aromatic N) is 1. The van der Waals surface area contributed by atoms with Crippen LogP contribution in [0.25, 0.3) is 0 Å². The zero-order valence-electron chi connectivity index (χ0n) is 8.74. The van der Waals surface area contributed by atoms with Gasteiger partial charge in [0.1, 0.15) is 0 Å². The summed E-state index contributed by atoms with van der Waals surface area (Å²) in [7, 11) is -3.49. The first-order valence-electron chi connectivity index (χ1n) is 4.29. The molecule has 1 aromatic rings. The molecule has 1 aromatic heterocycles. The molecule has 0 aliphatic heterocycles. The van der Waals surface area contributed by atoms with E-state index in [1.807, 2.05) is 0 Å². The van der Waals surface area contributed by atoms with Crippen LogP contribution in [0.1, 0.15) is 18.9 Å². The van der Waals surface area contributed by atoms with Gasteiger partial charge in [-0.3, -0.25) is 0 Å². The summed E-state index contributed by atoms with van der Waals surface area (Å²) in [4.78, 5) is 3.91. The molecule has 15 heavy (non-hydrogen) atoms. The quantitative estimate of drug-likeness (QED) is 0.847. The summed E-state index contributed by atoms with van der Waals surface area (Å²) in [6.45, 7) is 5.22. The molecule has 4 nitrogen and oxygen atoms in total. The van der Waals surface area contributed by atoms with Gasteiger partial charge >= 0.3 is 0 Å². The zero-order valence-corrected chi connectivity index (χ0v) is 11.1. The van der Waals surface area contributed by atoms with E-state index in [1.54, 1.807) is 20.8 Å². The standard InChI is InChI=1S/C8H13ClN2O2S2/c1-6-10-4-7(14-6)15(12,13)11-8(2,3)5-9/h4,11H,5H2,1-3H3. The maximum atomic E-state index is 11.8. The molecule has 1 heterocycles. The van der Waals surface area contributed by atoms with E-state index >= 15 is 0 Å². The average molecular weight is 269 g/mol. The fraction of sp³-hybridized carbons (Fsp3) is 0.625. The molecule has 0 spiro atoms. The van der Waals surface area contributed by atoms with E-state index in [0.717, 1.165) is 16.3 Å². The molecule has 1 rings (SSSR count). The van der Waals surface area contributed by atoms with E-state index in [0.29, 0.717) is 0 Å². The number of hydrogen-bond donors (Lipinski definition) is 1. The van der Waals surface area contributed by atoms with Crippen LogP contribution in [0.4, 0.5) is 0 Å². The van der Waals surface area contributed by atoms with Crippen molar-refractivity contribution < 1.29 is 8.42 Å². The highest BCUT2D eigenvalue weighted by Crippen LogP contribution is 2.19. The summed E-state index contributed by atoms with van der Waals surface area (Å²) in [6.07, 6.45) is 1.35. The monoisotopic (exact) mass is 268 g/mol. The molecule has 86 valence electrons. The summed E-state index contributed by atoms with van der Waals surface area (Å²) in [5.41, 5.74) is -0.654. The summed E-state index contributed by atoms with van der Waals surface area (Å²) >= 11 is 6.79. The van der Waals surface area contributed by atoms with E-state index in [2.05, 4.69) is 9.71 Å². The van der Waals surface area contributed by atoms with E-state index < -0.39 is 15.6 Å². The zero-order chi connectivity index (χ0) is 11.7. The molecular weight excluding hydrogens is 256 g/mol. The van der Waals surface area contributed by atoms with Gasteiger partial charge in [-0.05, 0) is 20.8 Å². The van der Waals surface area contributed by atoms with Gasteiger partial charge in [0.25, 0.3) is 10.0 Å². The van der Waals surface area contributed by atoms with Gasteiger partial charge in [-0.25, -0.2) is 18.1 Å². The molecule has 0 saturated heterocycles. The van der Waals surface area contributed by atoms with Crippen LogP contribution in [-0.4, -0.2) is 24.8 Å². The van der Waals surface area contributed by atoms with Crippen molar-refractivity contribution in [1.29, 1.82) is 0 Å². The number of aryl methyl sites for hydroxylation is 1. The van der Waals surface area contributed by atoms with Crippen LogP contribution in [0.5, 0.6) is 0 Å². The second-order valence-corrected chi connectivity index (χ2v) is 7.23. The lowest BCUT2D eigenvalue weighted by molar-refractivity contribution is 0.497. The SMILES string of the molecule is Cc1ncc(S(=O)(=O)NC(C)(C)CCl)s1. The molecule has 0 amide bonds. The Balaban J connectivity index is 2.95. The summed E-state index contributed by atoms with van der Waals surface area (Å²) in [5.74, 6) is 0.212. The van der Waals surface area contributed by atoms with E-state index in [1.165, 1.54) is 6.20 Å². The van der Waals surface area contributed by atoms with Gasteiger partial charge in [0.15, 0.2) is 4.21 Å². The van der Waals surface area contributed by atoms with Gasteiger partial charge in [-0.1, -0.05) is 0 Å². The Kier molecular flexibility index (Phi) is 3.76. The number of hydrogen-bond acceptors (Lipinski definition) is 4. The minimum absolute atomic E-state index is 0.212. The van der Waals surface area contributed by atoms with Crippen molar-refractivity contribution in [3.63, 3.8) is 0 Å². The number of alkyl halides is 1. The first-order chi connectivity index (χ1) is 6.77. The summed E-state index contributed by atoms with van der Waals surface area (Å²) in [5, 5.41) is 0.721. The molecule has 7 heteroatoms. The summed E-state index contributed by atoms with van der Waals surface area (Å²) in [6, 6.07) is 0. The van der Waals surface area contributed by atoms with Gasteiger partial charge in [0.05, 0.1) is 11.2 Å². The Morgan fingerprint density at radius 1 is 1.60 bits per heavy atom. The van der Waals surface area contributed by atoms with Gasteiger partial charge in [0, 0.05) is 11.4 Å². The smallest absolute Gasteiger partial charge is 0.249 e. The van der Waals surface area contributed by atoms with Crippen molar-refractivity contribution in [3.05, 3.63) is 11.2 Å². The van der Waals surface area contributed by atoms with Crippen molar-refractivity contribution >= 4 is 33.0 Å². The second kappa shape index (κ2) is 4.37. The van der Waals surface area contributed by atoms with Gasteiger partial charge in [-0.15, -0.1) is 22.9 Å². The lowest BCUT2D eigenvalue weighted by atomic mass is 10.1. The third-order valence-corrected chi connectivity index (χ3v) is 5.35. The lowest BCUT2D eigenvalue weighted by Crippen LogP contribution is -2.44. The Hall–Kier alpha value is -0.170. The minimum Gasteiger partial charge on any atom is -0.249 e. The van der Waals surface area contributed by atoms with E-state index in [-0.39, 0.29) is 10.1 Å². The maximum absolute atomic E-state index is 11.8. The van der Waals surface area contributed by atoms with E-state index in [9.17, 15) is 8.42 Å².